The summed E-state index contributed by atoms with van der Waals surface area (Å²) in [5, 5.41) is 4.36. The van der Waals surface area contributed by atoms with Gasteiger partial charge < -0.3 is 5.32 Å². The molecule has 0 bridgehead atoms. The third-order valence-electron chi connectivity index (χ3n) is 3.09. The van der Waals surface area contributed by atoms with Gasteiger partial charge in [0.1, 0.15) is 0 Å². The minimum Gasteiger partial charge on any atom is -0.315 e. The van der Waals surface area contributed by atoms with Crippen molar-refractivity contribution in [3.63, 3.8) is 0 Å². The van der Waals surface area contributed by atoms with E-state index in [2.05, 4.69) is 51.2 Å². The van der Waals surface area contributed by atoms with Crippen molar-refractivity contribution in [3.8, 4) is 0 Å². The maximum Gasteiger partial charge on any atom is 0.0440 e. The topological polar surface area (TPSA) is 12.0 Å². The molecule has 1 aromatic rings. The van der Waals surface area contributed by atoms with E-state index in [1.165, 1.54) is 17.5 Å². The van der Waals surface area contributed by atoms with Crippen molar-refractivity contribution in [1.29, 1.82) is 0 Å². The predicted molar refractivity (Wildman–Crippen MR) is 76.8 cm³/mol. The number of nitrogens with one attached hydrogen (secondary N) is 1. The lowest BCUT2D eigenvalue weighted by Crippen LogP contribution is -2.27. The van der Waals surface area contributed by atoms with Crippen LogP contribution in [0.25, 0.3) is 0 Å². The molecule has 0 saturated carbocycles. The van der Waals surface area contributed by atoms with E-state index >= 15 is 0 Å². The molecule has 0 aliphatic rings. The molecule has 17 heavy (non-hydrogen) atoms. The summed E-state index contributed by atoms with van der Waals surface area (Å²) in [5.74, 6) is 0.657. The Hall–Kier alpha value is -0.530. The molecule has 1 rings (SSSR count). The molecule has 2 unspecified atom stereocenters. The maximum atomic E-state index is 6.26. The summed E-state index contributed by atoms with van der Waals surface area (Å²) in [6.45, 7) is 9.81. The fraction of sp³-hybridized carbons (Fsp3) is 0.600. The minimum atomic E-state index is 0.583. The van der Waals surface area contributed by atoms with Crippen LogP contribution < -0.4 is 5.32 Å². The Labute approximate surface area is 111 Å². The van der Waals surface area contributed by atoms with Gasteiger partial charge in [0.2, 0.25) is 0 Å². The van der Waals surface area contributed by atoms with E-state index in [9.17, 15) is 0 Å². The molecule has 0 aliphatic carbocycles. The second-order valence-electron chi connectivity index (χ2n) is 5.10. The highest BCUT2D eigenvalue weighted by Crippen LogP contribution is 2.22. The van der Waals surface area contributed by atoms with Gasteiger partial charge in [0.25, 0.3) is 0 Å². The van der Waals surface area contributed by atoms with Gasteiger partial charge in [-0.1, -0.05) is 37.6 Å². The first kappa shape index (κ1) is 14.5. The Balaban J connectivity index is 2.52. The summed E-state index contributed by atoms with van der Waals surface area (Å²) in [7, 11) is 0. The van der Waals surface area contributed by atoms with Crippen LogP contribution in [0.2, 0.25) is 5.02 Å². The van der Waals surface area contributed by atoms with Crippen molar-refractivity contribution < 1.29 is 0 Å². The first-order valence-electron chi connectivity index (χ1n) is 6.51. The van der Waals surface area contributed by atoms with Gasteiger partial charge in [0.05, 0.1) is 0 Å². The van der Waals surface area contributed by atoms with E-state index in [0.717, 1.165) is 18.0 Å². The highest BCUT2D eigenvalue weighted by molar-refractivity contribution is 6.31. The number of hydrogen-bond acceptors (Lipinski definition) is 1. The zero-order valence-corrected chi connectivity index (χ0v) is 12.1. The summed E-state index contributed by atoms with van der Waals surface area (Å²) in [6, 6.07) is 6.93. The van der Waals surface area contributed by atoms with Crippen LogP contribution in [0.3, 0.4) is 0 Å². The molecule has 0 radical (unpaired) electrons. The fourth-order valence-corrected chi connectivity index (χ4v) is 2.62. The third kappa shape index (κ3) is 5.10. The van der Waals surface area contributed by atoms with Gasteiger partial charge in [-0.05, 0) is 56.3 Å². The Bertz CT molecular complexity index is 349. The Morgan fingerprint density at radius 1 is 1.29 bits per heavy atom. The monoisotopic (exact) mass is 253 g/mol. The number of halogens is 1. The van der Waals surface area contributed by atoms with Crippen molar-refractivity contribution in [1.82, 2.24) is 5.32 Å². The molecule has 0 spiro atoms. The summed E-state index contributed by atoms with van der Waals surface area (Å²) in [5.41, 5.74) is 2.50. The molecule has 0 amide bonds. The normalized spacial score (nSPS) is 14.6. The van der Waals surface area contributed by atoms with E-state index in [-0.39, 0.29) is 0 Å². The van der Waals surface area contributed by atoms with Gasteiger partial charge in [-0.15, -0.1) is 0 Å². The van der Waals surface area contributed by atoms with Gasteiger partial charge >= 0.3 is 0 Å². The first-order valence-corrected chi connectivity index (χ1v) is 6.89. The van der Waals surface area contributed by atoms with Crippen LogP contribution in [0.15, 0.2) is 18.2 Å². The Morgan fingerprint density at radius 3 is 2.59 bits per heavy atom. The fourth-order valence-electron chi connectivity index (χ4n) is 2.31. The van der Waals surface area contributed by atoms with Gasteiger partial charge in [-0.2, -0.15) is 0 Å². The summed E-state index contributed by atoms with van der Waals surface area (Å²) >= 11 is 6.26. The molecule has 1 aromatic carbocycles. The highest BCUT2D eigenvalue weighted by atomic mass is 35.5. The molecule has 1 N–H and O–H groups in total. The minimum absolute atomic E-state index is 0.583. The van der Waals surface area contributed by atoms with Crippen molar-refractivity contribution in [2.45, 2.75) is 46.6 Å². The summed E-state index contributed by atoms with van der Waals surface area (Å²) in [6.07, 6.45) is 2.26. The van der Waals surface area contributed by atoms with Crippen molar-refractivity contribution >= 4 is 11.6 Å². The zero-order valence-electron chi connectivity index (χ0n) is 11.4. The molecule has 0 heterocycles. The SMILES string of the molecule is CCNC(C)CC(C)Cc1ccc(C)cc1Cl. The van der Waals surface area contributed by atoms with Crippen LogP contribution in [0.4, 0.5) is 0 Å². The average molecular weight is 254 g/mol. The molecule has 1 nitrogen and oxygen atoms in total. The van der Waals surface area contributed by atoms with E-state index < -0.39 is 0 Å². The van der Waals surface area contributed by atoms with Crippen LogP contribution in [0.1, 0.15) is 38.3 Å². The van der Waals surface area contributed by atoms with Crippen LogP contribution in [-0.4, -0.2) is 12.6 Å². The van der Waals surface area contributed by atoms with E-state index in [0.29, 0.717) is 12.0 Å². The van der Waals surface area contributed by atoms with Gasteiger partial charge in [0, 0.05) is 11.1 Å². The van der Waals surface area contributed by atoms with Crippen LogP contribution in [0.5, 0.6) is 0 Å². The molecule has 0 aliphatic heterocycles. The van der Waals surface area contributed by atoms with Crippen LogP contribution >= 0.6 is 11.6 Å². The summed E-state index contributed by atoms with van der Waals surface area (Å²) in [4.78, 5) is 0. The Morgan fingerprint density at radius 2 is 2.00 bits per heavy atom. The number of hydrogen-bond donors (Lipinski definition) is 1. The highest BCUT2D eigenvalue weighted by Gasteiger charge is 2.10. The van der Waals surface area contributed by atoms with Gasteiger partial charge in [-0.3, -0.25) is 0 Å². The molecule has 0 aromatic heterocycles. The Kier molecular flexibility index (Phi) is 6.01. The largest absolute Gasteiger partial charge is 0.315 e. The predicted octanol–water partition coefficient (Wildman–Crippen LogP) is 4.22. The first-order chi connectivity index (χ1) is 8.02. The molecule has 2 heteroatoms. The van der Waals surface area contributed by atoms with Crippen molar-refractivity contribution in [2.24, 2.45) is 5.92 Å². The molecule has 0 saturated heterocycles. The number of rotatable bonds is 6. The van der Waals surface area contributed by atoms with Crippen LogP contribution in [0, 0.1) is 12.8 Å². The van der Waals surface area contributed by atoms with Gasteiger partial charge in [0.15, 0.2) is 0 Å². The second-order valence-corrected chi connectivity index (χ2v) is 5.51. The number of benzene rings is 1. The molecule has 96 valence electrons. The van der Waals surface area contributed by atoms with Crippen molar-refractivity contribution in [2.75, 3.05) is 6.54 Å². The van der Waals surface area contributed by atoms with E-state index in [1.54, 1.807) is 0 Å². The third-order valence-corrected chi connectivity index (χ3v) is 3.44. The average Bonchev–Trinajstić information content (AvgIpc) is 2.22. The number of aryl methyl sites for hydroxylation is 1. The smallest absolute Gasteiger partial charge is 0.0440 e. The molecular weight excluding hydrogens is 230 g/mol. The quantitative estimate of drug-likeness (QED) is 0.801. The molecular formula is C15H24ClN. The lowest BCUT2D eigenvalue weighted by atomic mass is 9.94. The van der Waals surface area contributed by atoms with Gasteiger partial charge in [-0.25, -0.2) is 0 Å². The van der Waals surface area contributed by atoms with Crippen LogP contribution in [-0.2, 0) is 6.42 Å². The van der Waals surface area contributed by atoms with Crippen molar-refractivity contribution in [3.05, 3.63) is 34.3 Å². The molecule has 0 fully saturated rings. The molecule has 2 atom stereocenters. The summed E-state index contributed by atoms with van der Waals surface area (Å²) < 4.78 is 0. The lowest BCUT2D eigenvalue weighted by molar-refractivity contribution is 0.426. The van der Waals surface area contributed by atoms with E-state index in [4.69, 9.17) is 11.6 Å². The standard InChI is InChI=1S/C15H24ClN/c1-5-17-13(4)8-12(3)9-14-7-6-11(2)10-15(14)16/h6-7,10,12-13,17H,5,8-9H2,1-4H3. The van der Waals surface area contributed by atoms with E-state index in [1.807, 2.05) is 0 Å². The maximum absolute atomic E-state index is 6.26. The lowest BCUT2D eigenvalue weighted by Gasteiger charge is -2.18. The second kappa shape index (κ2) is 7.03. The zero-order chi connectivity index (χ0) is 12.8.